The van der Waals surface area contributed by atoms with Gasteiger partial charge in [-0.15, -0.1) is 10.2 Å². The van der Waals surface area contributed by atoms with Gasteiger partial charge in [-0.1, -0.05) is 42.1 Å². The van der Waals surface area contributed by atoms with Crippen LogP contribution in [0.15, 0.2) is 66.1 Å². The van der Waals surface area contributed by atoms with Crippen molar-refractivity contribution in [2.45, 2.75) is 29.3 Å². The van der Waals surface area contributed by atoms with Crippen LogP contribution >= 0.6 is 11.8 Å². The lowest BCUT2D eigenvalue weighted by atomic mass is 10.1. The first-order chi connectivity index (χ1) is 12.7. The normalized spacial score (nSPS) is 14.8. The van der Waals surface area contributed by atoms with Crippen LogP contribution in [0.25, 0.3) is 5.69 Å². The number of benzene rings is 2. The Morgan fingerprint density at radius 3 is 2.58 bits per heavy atom. The first-order valence-electron chi connectivity index (χ1n) is 8.38. The molecule has 1 amide bonds. The van der Waals surface area contributed by atoms with Crippen molar-refractivity contribution in [2.24, 2.45) is 0 Å². The molecule has 4 rings (SSSR count). The lowest BCUT2D eigenvalue weighted by Gasteiger charge is -2.17. The standard InChI is InChI=1S/C19H17FN4OS/c20-14-8-6-13(7-9-14)17(18(25)22-15-10-11-15)26-19-23-21-12-24(19)16-4-2-1-3-5-16/h1-9,12,15,17H,10-11H2,(H,22,25)/t17-/m1/s1. The number of nitrogens with zero attached hydrogens (tertiary/aromatic N) is 3. The van der Waals surface area contributed by atoms with Crippen LogP contribution in [0.4, 0.5) is 4.39 Å². The van der Waals surface area contributed by atoms with E-state index in [0.717, 1.165) is 24.1 Å². The smallest absolute Gasteiger partial charge is 0.238 e. The number of carbonyl (C=O) groups excluding carboxylic acids is 1. The van der Waals surface area contributed by atoms with E-state index < -0.39 is 5.25 Å². The van der Waals surface area contributed by atoms with Gasteiger partial charge in [-0.3, -0.25) is 9.36 Å². The van der Waals surface area contributed by atoms with Crippen molar-refractivity contribution in [1.82, 2.24) is 20.1 Å². The number of carbonyl (C=O) groups is 1. The number of hydrogen-bond donors (Lipinski definition) is 1. The van der Waals surface area contributed by atoms with Gasteiger partial charge in [0.05, 0.1) is 0 Å². The first kappa shape index (κ1) is 16.8. The van der Waals surface area contributed by atoms with Gasteiger partial charge in [-0.2, -0.15) is 0 Å². The van der Waals surface area contributed by atoms with Crippen LogP contribution in [0, 0.1) is 5.82 Å². The fourth-order valence-electron chi connectivity index (χ4n) is 2.59. The Bertz CT molecular complexity index is 893. The average molecular weight is 368 g/mol. The van der Waals surface area contributed by atoms with Crippen LogP contribution in [-0.2, 0) is 4.79 Å². The van der Waals surface area contributed by atoms with Crippen LogP contribution in [-0.4, -0.2) is 26.7 Å². The summed E-state index contributed by atoms with van der Waals surface area (Å²) in [7, 11) is 0. The molecule has 2 aromatic carbocycles. The summed E-state index contributed by atoms with van der Waals surface area (Å²) >= 11 is 1.31. The lowest BCUT2D eigenvalue weighted by molar-refractivity contribution is -0.120. The molecule has 1 N–H and O–H groups in total. The summed E-state index contributed by atoms with van der Waals surface area (Å²) in [5.41, 5.74) is 1.65. The van der Waals surface area contributed by atoms with E-state index in [2.05, 4.69) is 15.5 Å². The number of amides is 1. The summed E-state index contributed by atoms with van der Waals surface area (Å²) in [5, 5.41) is 11.3. The summed E-state index contributed by atoms with van der Waals surface area (Å²) in [4.78, 5) is 12.8. The Morgan fingerprint density at radius 1 is 1.15 bits per heavy atom. The third-order valence-electron chi connectivity index (χ3n) is 4.11. The topological polar surface area (TPSA) is 59.8 Å². The zero-order valence-corrected chi connectivity index (χ0v) is 14.7. The van der Waals surface area contributed by atoms with Crippen molar-refractivity contribution in [1.29, 1.82) is 0 Å². The van der Waals surface area contributed by atoms with E-state index in [1.54, 1.807) is 18.5 Å². The number of hydrogen-bond acceptors (Lipinski definition) is 4. The molecule has 0 unspecified atom stereocenters. The number of rotatable bonds is 6. The van der Waals surface area contributed by atoms with Crippen molar-refractivity contribution in [2.75, 3.05) is 0 Å². The Morgan fingerprint density at radius 2 is 1.88 bits per heavy atom. The van der Waals surface area contributed by atoms with Crippen molar-refractivity contribution in [3.05, 3.63) is 72.3 Å². The lowest BCUT2D eigenvalue weighted by Crippen LogP contribution is -2.30. The van der Waals surface area contributed by atoms with Gasteiger partial charge in [0.1, 0.15) is 17.4 Å². The molecule has 1 fully saturated rings. The molecule has 1 aromatic heterocycles. The van der Waals surface area contributed by atoms with Gasteiger partial charge in [0.25, 0.3) is 0 Å². The predicted octanol–water partition coefficient (Wildman–Crippen LogP) is 3.52. The number of nitrogens with one attached hydrogen (secondary N) is 1. The molecule has 132 valence electrons. The molecule has 0 spiro atoms. The molecule has 1 heterocycles. The minimum absolute atomic E-state index is 0.0910. The molecule has 1 atom stereocenters. The highest BCUT2D eigenvalue weighted by Crippen LogP contribution is 2.36. The minimum atomic E-state index is -0.525. The maximum Gasteiger partial charge on any atom is 0.238 e. The molecule has 7 heteroatoms. The van der Waals surface area contributed by atoms with Crippen LogP contribution < -0.4 is 5.32 Å². The number of halogens is 1. The Labute approximate surface area is 154 Å². The molecule has 0 aliphatic heterocycles. The summed E-state index contributed by atoms with van der Waals surface area (Å²) < 4.78 is 15.1. The second-order valence-electron chi connectivity index (χ2n) is 6.15. The van der Waals surface area contributed by atoms with Crippen LogP contribution in [0.2, 0.25) is 0 Å². The summed E-state index contributed by atoms with van der Waals surface area (Å²) in [5.74, 6) is -0.417. The molecule has 5 nitrogen and oxygen atoms in total. The second kappa shape index (κ2) is 7.29. The van der Waals surface area contributed by atoms with E-state index in [9.17, 15) is 9.18 Å². The van der Waals surface area contributed by atoms with Gasteiger partial charge in [-0.25, -0.2) is 4.39 Å². The largest absolute Gasteiger partial charge is 0.352 e. The van der Waals surface area contributed by atoms with Crippen LogP contribution in [0.1, 0.15) is 23.7 Å². The monoisotopic (exact) mass is 368 g/mol. The zero-order chi connectivity index (χ0) is 17.9. The minimum Gasteiger partial charge on any atom is -0.352 e. The second-order valence-corrected chi connectivity index (χ2v) is 7.22. The molecular formula is C19H17FN4OS. The van der Waals surface area contributed by atoms with Gasteiger partial charge in [0.15, 0.2) is 5.16 Å². The first-order valence-corrected chi connectivity index (χ1v) is 9.26. The SMILES string of the molecule is O=C(NC1CC1)[C@H](Sc1nncn1-c1ccccc1)c1ccc(F)cc1. The third kappa shape index (κ3) is 3.77. The number of thioether (sulfide) groups is 1. The van der Waals surface area contributed by atoms with E-state index in [4.69, 9.17) is 0 Å². The number of para-hydroxylation sites is 1. The summed E-state index contributed by atoms with van der Waals surface area (Å²) in [6.45, 7) is 0. The van der Waals surface area contributed by atoms with Gasteiger partial charge in [0.2, 0.25) is 5.91 Å². The van der Waals surface area contributed by atoms with Gasteiger partial charge < -0.3 is 5.32 Å². The highest BCUT2D eigenvalue weighted by Gasteiger charge is 2.30. The summed E-state index contributed by atoms with van der Waals surface area (Å²) in [6, 6.07) is 16.0. The average Bonchev–Trinajstić information content (AvgIpc) is 3.35. The molecular weight excluding hydrogens is 351 g/mol. The van der Waals surface area contributed by atoms with E-state index in [1.165, 1.54) is 23.9 Å². The summed E-state index contributed by atoms with van der Waals surface area (Å²) in [6.07, 6.45) is 3.64. The van der Waals surface area contributed by atoms with Crippen molar-refractivity contribution < 1.29 is 9.18 Å². The highest BCUT2D eigenvalue weighted by atomic mass is 32.2. The van der Waals surface area contributed by atoms with E-state index >= 15 is 0 Å². The zero-order valence-electron chi connectivity index (χ0n) is 13.9. The Balaban J connectivity index is 1.64. The van der Waals surface area contributed by atoms with E-state index in [-0.39, 0.29) is 17.8 Å². The molecule has 1 aliphatic carbocycles. The van der Waals surface area contributed by atoms with Crippen LogP contribution in [0.5, 0.6) is 0 Å². The van der Waals surface area contributed by atoms with Crippen molar-refractivity contribution in [3.8, 4) is 5.69 Å². The molecule has 0 bridgehead atoms. The third-order valence-corrected chi connectivity index (χ3v) is 5.32. The van der Waals surface area contributed by atoms with Gasteiger partial charge in [-0.05, 0) is 42.7 Å². The predicted molar refractivity (Wildman–Crippen MR) is 97.5 cm³/mol. The molecule has 0 saturated heterocycles. The van der Waals surface area contributed by atoms with Crippen LogP contribution in [0.3, 0.4) is 0 Å². The fourth-order valence-corrected chi connectivity index (χ4v) is 3.63. The molecule has 26 heavy (non-hydrogen) atoms. The quantitative estimate of drug-likeness (QED) is 0.677. The molecule has 1 saturated carbocycles. The molecule has 0 radical (unpaired) electrons. The molecule has 1 aliphatic rings. The van der Waals surface area contributed by atoms with E-state index in [1.807, 2.05) is 34.9 Å². The van der Waals surface area contributed by atoms with Crippen molar-refractivity contribution >= 4 is 17.7 Å². The Hall–Kier alpha value is -2.67. The fraction of sp³-hybridized carbons (Fsp3) is 0.211. The Kier molecular flexibility index (Phi) is 4.71. The maximum atomic E-state index is 13.3. The van der Waals surface area contributed by atoms with Crippen molar-refractivity contribution in [3.63, 3.8) is 0 Å². The number of aromatic nitrogens is 3. The van der Waals surface area contributed by atoms with Gasteiger partial charge >= 0.3 is 0 Å². The molecule has 3 aromatic rings. The maximum absolute atomic E-state index is 13.3. The van der Waals surface area contributed by atoms with Gasteiger partial charge in [0, 0.05) is 11.7 Å². The highest BCUT2D eigenvalue weighted by molar-refractivity contribution is 8.00. The van der Waals surface area contributed by atoms with E-state index in [0.29, 0.717) is 5.16 Å².